The summed E-state index contributed by atoms with van der Waals surface area (Å²) in [4.78, 5) is 14.0. The summed E-state index contributed by atoms with van der Waals surface area (Å²) in [5.74, 6) is 0.812. The van der Waals surface area contributed by atoms with Crippen molar-refractivity contribution < 1.29 is 4.79 Å². The molecule has 1 fully saturated rings. The second-order valence-corrected chi connectivity index (χ2v) is 4.98. The van der Waals surface area contributed by atoms with Gasteiger partial charge in [0.05, 0.1) is 0 Å². The van der Waals surface area contributed by atoms with Crippen LogP contribution >= 0.6 is 0 Å². The molecular weight excluding hydrogens is 224 g/mol. The van der Waals surface area contributed by atoms with Gasteiger partial charge in [0, 0.05) is 25.4 Å². The average Bonchev–Trinajstić information content (AvgIpc) is 2.89. The fraction of sp³-hybridized carbons (Fsp3) is 0.533. The van der Waals surface area contributed by atoms with Crippen molar-refractivity contribution in [1.82, 2.24) is 4.90 Å². The van der Waals surface area contributed by atoms with E-state index >= 15 is 0 Å². The molecule has 1 atom stereocenters. The van der Waals surface area contributed by atoms with E-state index in [1.54, 1.807) is 0 Å². The number of likely N-dealkylation sites (tertiary alicyclic amines) is 1. The first kappa shape index (κ1) is 13.1. The summed E-state index contributed by atoms with van der Waals surface area (Å²) in [5, 5.41) is 0. The van der Waals surface area contributed by atoms with Gasteiger partial charge in [-0.1, -0.05) is 30.3 Å². The summed E-state index contributed by atoms with van der Waals surface area (Å²) in [6.45, 7) is 2.46. The Hall–Kier alpha value is -1.35. The largest absolute Gasteiger partial charge is 0.342 e. The third-order valence-corrected chi connectivity index (χ3v) is 3.66. The number of hydrogen-bond donors (Lipinski definition) is 1. The number of hydrogen-bond acceptors (Lipinski definition) is 2. The van der Waals surface area contributed by atoms with Gasteiger partial charge in [-0.2, -0.15) is 0 Å². The molecule has 1 aromatic rings. The average molecular weight is 246 g/mol. The van der Waals surface area contributed by atoms with Gasteiger partial charge >= 0.3 is 0 Å². The number of nitrogens with zero attached hydrogens (tertiary/aromatic N) is 1. The van der Waals surface area contributed by atoms with E-state index in [0.717, 1.165) is 32.4 Å². The minimum absolute atomic E-state index is 0.293. The second-order valence-electron chi connectivity index (χ2n) is 4.98. The molecule has 1 saturated heterocycles. The number of rotatable bonds is 5. The van der Waals surface area contributed by atoms with Gasteiger partial charge < -0.3 is 10.6 Å². The summed E-state index contributed by atoms with van der Waals surface area (Å²) < 4.78 is 0. The van der Waals surface area contributed by atoms with Crippen molar-refractivity contribution in [1.29, 1.82) is 0 Å². The molecule has 1 aliphatic rings. The van der Waals surface area contributed by atoms with Gasteiger partial charge in [-0.3, -0.25) is 4.79 Å². The first-order chi connectivity index (χ1) is 8.81. The van der Waals surface area contributed by atoms with Crippen LogP contribution in [0.3, 0.4) is 0 Å². The van der Waals surface area contributed by atoms with Crippen LogP contribution in [0.15, 0.2) is 30.3 Å². The molecule has 98 valence electrons. The van der Waals surface area contributed by atoms with Crippen LogP contribution in [0.25, 0.3) is 0 Å². The molecular formula is C15H22N2O. The first-order valence-corrected chi connectivity index (χ1v) is 6.84. The van der Waals surface area contributed by atoms with Gasteiger partial charge in [-0.25, -0.2) is 0 Å². The lowest BCUT2D eigenvalue weighted by atomic mass is 9.99. The fourth-order valence-electron chi connectivity index (χ4n) is 2.56. The molecule has 0 radical (unpaired) electrons. The molecule has 0 bridgehead atoms. The number of amides is 1. The minimum atomic E-state index is 0.293. The first-order valence-electron chi connectivity index (χ1n) is 6.84. The molecule has 18 heavy (non-hydrogen) atoms. The van der Waals surface area contributed by atoms with Crippen molar-refractivity contribution in [2.75, 3.05) is 19.6 Å². The highest BCUT2D eigenvalue weighted by Crippen LogP contribution is 2.27. The molecule has 1 aliphatic heterocycles. The van der Waals surface area contributed by atoms with Crippen molar-refractivity contribution >= 4 is 5.91 Å². The maximum atomic E-state index is 12.0. The highest BCUT2D eigenvalue weighted by atomic mass is 16.2. The van der Waals surface area contributed by atoms with Gasteiger partial charge in [0.1, 0.15) is 0 Å². The molecule has 1 aromatic carbocycles. The van der Waals surface area contributed by atoms with Crippen molar-refractivity contribution in [3.05, 3.63) is 35.9 Å². The molecule has 0 saturated carbocycles. The Balaban J connectivity index is 1.83. The number of benzene rings is 1. The Morgan fingerprint density at radius 1 is 1.28 bits per heavy atom. The summed E-state index contributed by atoms with van der Waals surface area (Å²) in [6, 6.07) is 10.5. The lowest BCUT2D eigenvalue weighted by Crippen LogP contribution is -2.28. The van der Waals surface area contributed by atoms with Crippen LogP contribution in [0.5, 0.6) is 0 Å². The quantitative estimate of drug-likeness (QED) is 0.809. The Morgan fingerprint density at radius 2 is 2.06 bits per heavy atom. The summed E-state index contributed by atoms with van der Waals surface area (Å²) >= 11 is 0. The van der Waals surface area contributed by atoms with E-state index in [0.29, 0.717) is 24.8 Å². The van der Waals surface area contributed by atoms with Crippen LogP contribution in [0, 0.1) is 0 Å². The molecule has 2 rings (SSSR count). The lowest BCUT2D eigenvalue weighted by Gasteiger charge is -2.16. The Kier molecular flexibility index (Phi) is 4.76. The predicted octanol–water partition coefficient (Wildman–Crippen LogP) is 2.13. The number of carbonyl (C=O) groups is 1. The van der Waals surface area contributed by atoms with Crippen molar-refractivity contribution in [3.63, 3.8) is 0 Å². The van der Waals surface area contributed by atoms with Crippen molar-refractivity contribution in [2.45, 2.75) is 31.6 Å². The summed E-state index contributed by atoms with van der Waals surface area (Å²) in [6.07, 6.45) is 3.61. The highest BCUT2D eigenvalue weighted by molar-refractivity contribution is 5.76. The van der Waals surface area contributed by atoms with Gasteiger partial charge in [-0.15, -0.1) is 0 Å². The monoisotopic (exact) mass is 246 g/mol. The maximum absolute atomic E-state index is 12.0. The smallest absolute Gasteiger partial charge is 0.222 e. The van der Waals surface area contributed by atoms with Crippen molar-refractivity contribution in [3.8, 4) is 0 Å². The van der Waals surface area contributed by atoms with Gasteiger partial charge in [0.15, 0.2) is 0 Å². The fourth-order valence-corrected chi connectivity index (χ4v) is 2.56. The molecule has 3 heteroatoms. The third-order valence-electron chi connectivity index (χ3n) is 3.66. The van der Waals surface area contributed by atoms with Gasteiger partial charge in [0.2, 0.25) is 5.91 Å². The molecule has 1 unspecified atom stereocenters. The van der Waals surface area contributed by atoms with E-state index in [4.69, 9.17) is 5.73 Å². The topological polar surface area (TPSA) is 46.3 Å². The maximum Gasteiger partial charge on any atom is 0.222 e. The second kappa shape index (κ2) is 6.55. The van der Waals surface area contributed by atoms with E-state index in [9.17, 15) is 4.79 Å². The Labute approximate surface area is 109 Å². The van der Waals surface area contributed by atoms with Crippen LogP contribution in [-0.2, 0) is 4.79 Å². The summed E-state index contributed by atoms with van der Waals surface area (Å²) in [5.41, 5.74) is 6.80. The van der Waals surface area contributed by atoms with Gasteiger partial charge in [0.25, 0.3) is 0 Å². The van der Waals surface area contributed by atoms with E-state index < -0.39 is 0 Å². The zero-order chi connectivity index (χ0) is 12.8. The SMILES string of the molecule is NCCCCC(=O)N1CCC(c2ccccc2)C1. The molecule has 1 heterocycles. The molecule has 1 amide bonds. The van der Waals surface area contributed by atoms with E-state index in [-0.39, 0.29) is 0 Å². The lowest BCUT2D eigenvalue weighted by molar-refractivity contribution is -0.130. The molecule has 0 aromatic heterocycles. The Bertz CT molecular complexity index is 377. The van der Waals surface area contributed by atoms with E-state index in [1.165, 1.54) is 5.56 Å². The van der Waals surface area contributed by atoms with Crippen LogP contribution in [0.2, 0.25) is 0 Å². The van der Waals surface area contributed by atoms with Crippen LogP contribution in [0.1, 0.15) is 37.2 Å². The predicted molar refractivity (Wildman–Crippen MR) is 73.3 cm³/mol. The minimum Gasteiger partial charge on any atom is -0.342 e. The van der Waals surface area contributed by atoms with Crippen molar-refractivity contribution in [2.24, 2.45) is 5.73 Å². The number of unbranched alkanes of at least 4 members (excludes halogenated alkanes) is 1. The van der Waals surface area contributed by atoms with Crippen LogP contribution in [-0.4, -0.2) is 30.4 Å². The van der Waals surface area contributed by atoms with Crippen LogP contribution in [0.4, 0.5) is 0 Å². The molecule has 0 spiro atoms. The molecule has 3 nitrogen and oxygen atoms in total. The van der Waals surface area contributed by atoms with Crippen LogP contribution < -0.4 is 5.73 Å². The normalized spacial score (nSPS) is 19.2. The van der Waals surface area contributed by atoms with Gasteiger partial charge in [-0.05, 0) is 31.4 Å². The standard InChI is InChI=1S/C15H22N2O/c16-10-5-4-8-15(18)17-11-9-14(12-17)13-6-2-1-3-7-13/h1-3,6-7,14H,4-5,8-12,16H2. The Morgan fingerprint density at radius 3 is 2.78 bits per heavy atom. The third kappa shape index (κ3) is 3.33. The van der Waals surface area contributed by atoms with E-state index in [2.05, 4.69) is 24.3 Å². The van der Waals surface area contributed by atoms with E-state index in [1.807, 2.05) is 11.0 Å². The molecule has 2 N–H and O–H groups in total. The molecule has 0 aliphatic carbocycles. The number of nitrogens with two attached hydrogens (primary N) is 1. The summed E-state index contributed by atoms with van der Waals surface area (Å²) in [7, 11) is 0. The zero-order valence-electron chi connectivity index (χ0n) is 10.8. The number of carbonyl (C=O) groups excluding carboxylic acids is 1. The zero-order valence-corrected chi connectivity index (χ0v) is 10.8. The highest BCUT2D eigenvalue weighted by Gasteiger charge is 2.26.